The molecule has 5 rings (SSSR count). The van der Waals surface area contributed by atoms with Gasteiger partial charge in [-0.2, -0.15) is 0 Å². The highest BCUT2D eigenvalue weighted by molar-refractivity contribution is 7.17. The lowest BCUT2D eigenvalue weighted by Crippen LogP contribution is -2.29. The zero-order valence-electron chi connectivity index (χ0n) is 21.0. The van der Waals surface area contributed by atoms with Crippen LogP contribution < -0.4 is 15.1 Å². The highest BCUT2D eigenvalue weighted by Gasteiger charge is 2.45. The number of aryl methyl sites for hydroxylation is 2. The molecule has 0 saturated carbocycles. The van der Waals surface area contributed by atoms with Crippen LogP contribution in [-0.2, 0) is 4.74 Å². The van der Waals surface area contributed by atoms with E-state index in [4.69, 9.17) is 13.9 Å². The number of thiazole rings is 1. The summed E-state index contributed by atoms with van der Waals surface area (Å²) in [5.74, 6) is -0.353. The minimum atomic E-state index is -0.788. The van der Waals surface area contributed by atoms with Gasteiger partial charge in [0.1, 0.15) is 16.2 Å². The minimum Gasteiger partial charge on any atom is -0.494 e. The zero-order chi connectivity index (χ0) is 26.3. The first-order valence-corrected chi connectivity index (χ1v) is 12.8. The molecule has 1 atom stereocenters. The van der Waals surface area contributed by atoms with E-state index >= 15 is 0 Å². The van der Waals surface area contributed by atoms with Gasteiger partial charge in [-0.25, -0.2) is 9.78 Å². The van der Waals surface area contributed by atoms with Gasteiger partial charge in [-0.15, -0.1) is 0 Å². The van der Waals surface area contributed by atoms with Crippen LogP contribution in [0.3, 0.4) is 0 Å². The quantitative estimate of drug-likeness (QED) is 0.233. The summed E-state index contributed by atoms with van der Waals surface area (Å²) in [5.41, 5.74) is 2.36. The molecule has 0 fully saturated rings. The molecular formula is C28H26N2O6S. The summed E-state index contributed by atoms with van der Waals surface area (Å²) >= 11 is 1.04. The minimum absolute atomic E-state index is 0.0258. The van der Waals surface area contributed by atoms with E-state index in [1.807, 2.05) is 37.3 Å². The van der Waals surface area contributed by atoms with Gasteiger partial charge < -0.3 is 13.9 Å². The van der Waals surface area contributed by atoms with Gasteiger partial charge in [0.25, 0.3) is 5.91 Å². The lowest BCUT2D eigenvalue weighted by atomic mass is 9.98. The molecule has 8 nitrogen and oxygen atoms in total. The fourth-order valence-electron chi connectivity index (χ4n) is 4.45. The summed E-state index contributed by atoms with van der Waals surface area (Å²) in [5, 5.41) is 0.686. The summed E-state index contributed by atoms with van der Waals surface area (Å²) in [6.45, 7) is 6.28. The van der Waals surface area contributed by atoms with Gasteiger partial charge in [-0.05, 0) is 50.1 Å². The summed E-state index contributed by atoms with van der Waals surface area (Å²) in [6.07, 6.45) is 1.97. The van der Waals surface area contributed by atoms with Crippen molar-refractivity contribution in [2.24, 2.45) is 0 Å². The molecule has 190 valence electrons. The highest BCUT2D eigenvalue weighted by atomic mass is 32.1. The van der Waals surface area contributed by atoms with E-state index in [2.05, 4.69) is 11.9 Å². The van der Waals surface area contributed by atoms with Crippen molar-refractivity contribution in [1.29, 1.82) is 0 Å². The van der Waals surface area contributed by atoms with E-state index in [1.165, 1.54) is 12.0 Å². The van der Waals surface area contributed by atoms with E-state index < -0.39 is 17.9 Å². The number of unbranched alkanes of at least 4 members (excludes halogenated alkanes) is 1. The summed E-state index contributed by atoms with van der Waals surface area (Å²) < 4.78 is 16.7. The SMILES string of the molecule is CCCCOc1ccc(C2c3c(oc4ccc(C)cc4c3=O)C(=O)N2c2nc(C)c(C(=O)OC)s2)cc1. The fraction of sp³-hybridized carbons (Fsp3) is 0.286. The van der Waals surface area contributed by atoms with Gasteiger partial charge in [0.2, 0.25) is 5.76 Å². The molecule has 0 N–H and O–H groups in total. The summed E-state index contributed by atoms with van der Waals surface area (Å²) in [7, 11) is 1.29. The molecular weight excluding hydrogens is 492 g/mol. The number of aromatic nitrogens is 1. The van der Waals surface area contributed by atoms with E-state index in [-0.39, 0.29) is 21.9 Å². The van der Waals surface area contributed by atoms with Crippen molar-refractivity contribution in [1.82, 2.24) is 4.98 Å². The normalized spacial score (nSPS) is 14.8. The molecule has 3 heterocycles. The van der Waals surface area contributed by atoms with E-state index in [0.29, 0.717) is 39.5 Å². The van der Waals surface area contributed by atoms with Crippen molar-refractivity contribution in [3.05, 3.63) is 85.7 Å². The van der Waals surface area contributed by atoms with Gasteiger partial charge in [-0.3, -0.25) is 14.5 Å². The average molecular weight is 519 g/mol. The number of amides is 1. The molecule has 9 heteroatoms. The molecule has 0 saturated heterocycles. The van der Waals surface area contributed by atoms with Gasteiger partial charge in [0.15, 0.2) is 10.6 Å². The number of hydrogen-bond acceptors (Lipinski definition) is 8. The summed E-state index contributed by atoms with van der Waals surface area (Å²) in [6, 6.07) is 11.8. The van der Waals surface area contributed by atoms with E-state index in [0.717, 1.165) is 29.7 Å². The number of rotatable bonds is 7. The van der Waals surface area contributed by atoms with Crippen LogP contribution in [-0.4, -0.2) is 30.6 Å². The molecule has 0 radical (unpaired) electrons. The molecule has 2 aromatic carbocycles. The predicted octanol–water partition coefficient (Wildman–Crippen LogP) is 5.58. The van der Waals surface area contributed by atoms with Crippen molar-refractivity contribution in [2.45, 2.75) is 39.7 Å². The van der Waals surface area contributed by atoms with Gasteiger partial charge in [-0.1, -0.05) is 48.4 Å². The lowest BCUT2D eigenvalue weighted by Gasteiger charge is -2.22. The Bertz CT molecular complexity index is 1570. The number of carbonyl (C=O) groups is 2. The second-order valence-electron chi connectivity index (χ2n) is 8.92. The van der Waals surface area contributed by atoms with Crippen LogP contribution in [0.1, 0.15) is 68.4 Å². The third-order valence-electron chi connectivity index (χ3n) is 6.35. The number of anilines is 1. The highest BCUT2D eigenvalue weighted by Crippen LogP contribution is 2.43. The number of fused-ring (bicyclic) bond motifs is 2. The number of hydrogen-bond donors (Lipinski definition) is 0. The molecule has 0 spiro atoms. The number of ether oxygens (including phenoxy) is 2. The first-order valence-electron chi connectivity index (χ1n) is 12.0. The number of carbonyl (C=O) groups excluding carboxylic acids is 2. The number of benzene rings is 2. The topological polar surface area (TPSA) is 98.9 Å². The molecule has 37 heavy (non-hydrogen) atoms. The Kier molecular flexibility index (Phi) is 6.55. The predicted molar refractivity (Wildman–Crippen MR) is 141 cm³/mol. The van der Waals surface area contributed by atoms with Crippen LogP contribution in [0, 0.1) is 13.8 Å². The second-order valence-corrected chi connectivity index (χ2v) is 9.90. The van der Waals surface area contributed by atoms with Gasteiger partial charge in [0.05, 0.1) is 36.4 Å². The third-order valence-corrected chi connectivity index (χ3v) is 7.49. The Morgan fingerprint density at radius 1 is 1.14 bits per heavy atom. The maximum atomic E-state index is 13.8. The zero-order valence-corrected chi connectivity index (χ0v) is 21.8. The standard InChI is InChI=1S/C28H26N2O6S/c1-5-6-13-35-18-10-8-17(9-11-18)22-21-23(31)19-14-15(2)7-12-20(19)36-24(21)26(32)30(22)28-29-16(3)25(37-28)27(33)34-4/h7-12,14,22H,5-6,13H2,1-4H3. The molecule has 0 aliphatic carbocycles. The van der Waals surface area contributed by atoms with E-state index in [9.17, 15) is 14.4 Å². The van der Waals surface area contributed by atoms with Gasteiger partial charge in [0, 0.05) is 0 Å². The molecule has 2 aromatic heterocycles. The van der Waals surface area contributed by atoms with Crippen molar-refractivity contribution in [2.75, 3.05) is 18.6 Å². The Labute approximate surface area is 217 Å². The molecule has 1 unspecified atom stereocenters. The Hall–Kier alpha value is -3.98. The smallest absolute Gasteiger partial charge is 0.350 e. The van der Waals surface area contributed by atoms with Crippen LogP contribution >= 0.6 is 11.3 Å². The van der Waals surface area contributed by atoms with Crippen LogP contribution in [0.2, 0.25) is 0 Å². The summed E-state index contributed by atoms with van der Waals surface area (Å²) in [4.78, 5) is 46.0. The molecule has 0 bridgehead atoms. The second kappa shape index (κ2) is 9.82. The van der Waals surface area contributed by atoms with Crippen LogP contribution in [0.25, 0.3) is 11.0 Å². The van der Waals surface area contributed by atoms with Gasteiger partial charge >= 0.3 is 5.97 Å². The largest absolute Gasteiger partial charge is 0.494 e. The third kappa shape index (κ3) is 4.29. The monoisotopic (exact) mass is 518 g/mol. The van der Waals surface area contributed by atoms with Crippen molar-refractivity contribution in [3.63, 3.8) is 0 Å². The first kappa shape index (κ1) is 24.7. The maximum absolute atomic E-state index is 13.8. The van der Waals surface area contributed by atoms with E-state index in [1.54, 1.807) is 19.1 Å². The number of methoxy groups -OCH3 is 1. The van der Waals surface area contributed by atoms with Crippen LogP contribution in [0.15, 0.2) is 51.7 Å². The Balaban J connectivity index is 1.68. The molecule has 1 aliphatic rings. The van der Waals surface area contributed by atoms with Crippen molar-refractivity contribution in [3.8, 4) is 5.75 Å². The fourth-order valence-corrected chi connectivity index (χ4v) is 5.46. The van der Waals surface area contributed by atoms with Crippen molar-refractivity contribution >= 4 is 39.3 Å². The van der Waals surface area contributed by atoms with Crippen LogP contribution in [0.5, 0.6) is 5.75 Å². The Morgan fingerprint density at radius 3 is 2.59 bits per heavy atom. The molecule has 1 aliphatic heterocycles. The number of esters is 1. The first-order chi connectivity index (χ1) is 17.8. The lowest BCUT2D eigenvalue weighted by molar-refractivity contribution is 0.0605. The average Bonchev–Trinajstić information content (AvgIpc) is 3.42. The van der Waals surface area contributed by atoms with Crippen molar-refractivity contribution < 1.29 is 23.5 Å². The maximum Gasteiger partial charge on any atom is 0.350 e. The molecule has 4 aromatic rings. The number of nitrogens with zero attached hydrogens (tertiary/aromatic N) is 2. The Morgan fingerprint density at radius 2 is 1.89 bits per heavy atom. The van der Waals surface area contributed by atoms with Crippen LogP contribution in [0.4, 0.5) is 5.13 Å². The molecule has 1 amide bonds.